The van der Waals surface area contributed by atoms with Gasteiger partial charge < -0.3 is 15.2 Å². The van der Waals surface area contributed by atoms with Crippen LogP contribution in [-0.2, 0) is 9.59 Å². The Morgan fingerprint density at radius 2 is 2.00 bits per heavy atom. The van der Waals surface area contributed by atoms with E-state index < -0.39 is 11.5 Å². The van der Waals surface area contributed by atoms with Crippen LogP contribution in [0.5, 0.6) is 5.75 Å². The monoisotopic (exact) mass is 303 g/mol. The van der Waals surface area contributed by atoms with Gasteiger partial charge in [-0.15, -0.1) is 0 Å². The number of benzene rings is 1. The first-order chi connectivity index (χ1) is 10.5. The van der Waals surface area contributed by atoms with E-state index in [-0.39, 0.29) is 18.4 Å². The van der Waals surface area contributed by atoms with Crippen molar-refractivity contribution in [3.8, 4) is 5.75 Å². The van der Waals surface area contributed by atoms with Gasteiger partial charge in [-0.2, -0.15) is 0 Å². The van der Waals surface area contributed by atoms with E-state index >= 15 is 0 Å². The molecule has 2 aliphatic rings. The molecule has 1 aromatic carbocycles. The minimum absolute atomic E-state index is 0.0112. The molecule has 2 aliphatic carbocycles. The zero-order valence-corrected chi connectivity index (χ0v) is 12.6. The molecular weight excluding hydrogens is 282 g/mol. The summed E-state index contributed by atoms with van der Waals surface area (Å²) in [6, 6.07) is 9.01. The summed E-state index contributed by atoms with van der Waals surface area (Å²) in [5, 5.41) is 12.1. The Morgan fingerprint density at radius 1 is 1.32 bits per heavy atom. The number of ether oxygens (including phenoxy) is 1. The first-order valence-corrected chi connectivity index (χ1v) is 7.73. The van der Waals surface area contributed by atoms with Gasteiger partial charge in [-0.3, -0.25) is 4.79 Å². The van der Waals surface area contributed by atoms with Gasteiger partial charge in [0.1, 0.15) is 12.4 Å². The molecule has 2 N–H and O–H groups in total. The Morgan fingerprint density at radius 3 is 2.59 bits per heavy atom. The highest BCUT2D eigenvalue weighted by Crippen LogP contribution is 2.54. The number of carbonyl (C=O) groups excluding carboxylic acids is 1. The molecule has 0 unspecified atom stereocenters. The van der Waals surface area contributed by atoms with E-state index in [1.165, 1.54) is 19.8 Å². The lowest BCUT2D eigenvalue weighted by Crippen LogP contribution is -2.56. The van der Waals surface area contributed by atoms with Crippen LogP contribution in [0, 0.1) is 17.8 Å². The fourth-order valence-corrected chi connectivity index (χ4v) is 2.82. The number of nitrogens with one attached hydrogen (secondary N) is 1. The van der Waals surface area contributed by atoms with Crippen molar-refractivity contribution in [2.45, 2.75) is 31.7 Å². The van der Waals surface area contributed by atoms with Gasteiger partial charge >= 0.3 is 5.97 Å². The molecule has 0 saturated heterocycles. The van der Waals surface area contributed by atoms with Crippen molar-refractivity contribution < 1.29 is 19.4 Å². The summed E-state index contributed by atoms with van der Waals surface area (Å²) < 4.78 is 5.52. The number of hydrogen-bond acceptors (Lipinski definition) is 3. The summed E-state index contributed by atoms with van der Waals surface area (Å²) in [6.07, 6.45) is 3.31. The van der Waals surface area contributed by atoms with Crippen LogP contribution in [0.3, 0.4) is 0 Å². The first kappa shape index (κ1) is 14.9. The predicted molar refractivity (Wildman–Crippen MR) is 80.4 cm³/mol. The van der Waals surface area contributed by atoms with E-state index in [0.717, 1.165) is 6.42 Å². The fourth-order valence-electron chi connectivity index (χ4n) is 2.82. The van der Waals surface area contributed by atoms with Crippen LogP contribution in [0.15, 0.2) is 30.3 Å². The van der Waals surface area contributed by atoms with E-state index in [1.807, 2.05) is 18.2 Å². The van der Waals surface area contributed by atoms with Crippen molar-refractivity contribution in [3.63, 3.8) is 0 Å². The molecule has 5 heteroatoms. The van der Waals surface area contributed by atoms with E-state index in [2.05, 4.69) is 5.32 Å². The maximum absolute atomic E-state index is 12.2. The molecule has 0 aromatic heterocycles. The molecule has 0 heterocycles. The van der Waals surface area contributed by atoms with E-state index in [4.69, 9.17) is 4.74 Å². The number of hydrogen-bond donors (Lipinski definition) is 2. The Kier molecular flexibility index (Phi) is 3.81. The Bertz CT molecular complexity index is 569. The van der Waals surface area contributed by atoms with Gasteiger partial charge in [0.05, 0.1) is 0 Å². The van der Waals surface area contributed by atoms with Crippen molar-refractivity contribution in [3.05, 3.63) is 30.3 Å². The second-order valence-corrected chi connectivity index (χ2v) is 6.57. The van der Waals surface area contributed by atoms with E-state index in [1.54, 1.807) is 12.1 Å². The quantitative estimate of drug-likeness (QED) is 0.808. The SMILES string of the molecule is C[C@](COc1ccccc1)(NC(=O)[C@H]1C[C@H]1C1CC1)C(=O)O. The molecule has 2 saturated carbocycles. The number of amides is 1. The largest absolute Gasteiger partial charge is 0.491 e. The topological polar surface area (TPSA) is 75.6 Å². The molecule has 3 atom stereocenters. The molecule has 22 heavy (non-hydrogen) atoms. The fraction of sp³-hybridized carbons (Fsp3) is 0.529. The van der Waals surface area contributed by atoms with Crippen LogP contribution in [-0.4, -0.2) is 29.1 Å². The molecule has 1 amide bonds. The molecular formula is C17H21NO4. The van der Waals surface area contributed by atoms with Crippen LogP contribution in [0.4, 0.5) is 0 Å². The first-order valence-electron chi connectivity index (χ1n) is 7.73. The maximum Gasteiger partial charge on any atom is 0.332 e. The predicted octanol–water partition coefficient (Wildman–Crippen LogP) is 2.07. The van der Waals surface area contributed by atoms with Crippen LogP contribution in [0.1, 0.15) is 26.2 Å². The lowest BCUT2D eigenvalue weighted by atomic mass is 10.0. The number of carboxylic acids is 1. The minimum Gasteiger partial charge on any atom is -0.491 e. The highest BCUT2D eigenvalue weighted by molar-refractivity contribution is 5.89. The minimum atomic E-state index is -1.41. The second kappa shape index (κ2) is 5.63. The molecule has 0 spiro atoms. The zero-order chi connectivity index (χ0) is 15.7. The van der Waals surface area contributed by atoms with Gasteiger partial charge in [0.2, 0.25) is 5.91 Å². The summed E-state index contributed by atoms with van der Waals surface area (Å²) in [6.45, 7) is 1.39. The third-order valence-electron chi connectivity index (χ3n) is 4.55. The number of carboxylic acid groups (broad SMARTS) is 1. The van der Waals surface area contributed by atoms with E-state index in [0.29, 0.717) is 17.6 Å². The lowest BCUT2D eigenvalue weighted by molar-refractivity contribution is -0.148. The van der Waals surface area contributed by atoms with Crippen molar-refractivity contribution >= 4 is 11.9 Å². The molecule has 0 radical (unpaired) electrons. The lowest BCUT2D eigenvalue weighted by Gasteiger charge is -2.26. The second-order valence-electron chi connectivity index (χ2n) is 6.57. The van der Waals surface area contributed by atoms with Crippen LogP contribution in [0.25, 0.3) is 0 Å². The average Bonchev–Trinajstić information content (AvgIpc) is 3.38. The molecule has 1 aromatic rings. The highest BCUT2D eigenvalue weighted by atomic mass is 16.5. The summed E-state index contributed by atoms with van der Waals surface area (Å²) in [5.74, 6) is 0.494. The van der Waals surface area contributed by atoms with Crippen LogP contribution in [0.2, 0.25) is 0 Å². The number of rotatable bonds is 7. The summed E-state index contributed by atoms with van der Waals surface area (Å²) in [7, 11) is 0. The van der Waals surface area contributed by atoms with Crippen LogP contribution < -0.4 is 10.1 Å². The summed E-state index contributed by atoms with van der Waals surface area (Å²) in [5.41, 5.74) is -1.41. The normalized spacial score (nSPS) is 25.9. The average molecular weight is 303 g/mol. The van der Waals surface area contributed by atoms with Crippen molar-refractivity contribution in [2.75, 3.05) is 6.61 Å². The molecule has 118 valence electrons. The number of para-hydroxylation sites is 1. The van der Waals surface area contributed by atoms with Crippen molar-refractivity contribution in [1.29, 1.82) is 0 Å². The third kappa shape index (κ3) is 3.24. The Balaban J connectivity index is 1.58. The molecule has 0 aliphatic heterocycles. The maximum atomic E-state index is 12.2. The Hall–Kier alpha value is -2.04. The van der Waals surface area contributed by atoms with Crippen molar-refractivity contribution in [2.24, 2.45) is 17.8 Å². The van der Waals surface area contributed by atoms with Gasteiger partial charge in [-0.1, -0.05) is 18.2 Å². The standard InChI is InChI=1S/C17H21NO4/c1-17(16(20)21,10-22-12-5-3-2-4-6-12)18-15(19)14-9-13(14)11-7-8-11/h2-6,11,13-14H,7-10H2,1H3,(H,18,19)(H,20,21)/t13-,14-,17+/m0/s1. The third-order valence-corrected chi connectivity index (χ3v) is 4.55. The van der Waals surface area contributed by atoms with Gasteiger partial charge in [0.15, 0.2) is 5.54 Å². The highest BCUT2D eigenvalue weighted by Gasteiger charge is 2.52. The number of carbonyl (C=O) groups is 2. The molecule has 3 rings (SSSR count). The van der Waals surface area contributed by atoms with E-state index in [9.17, 15) is 14.7 Å². The smallest absolute Gasteiger partial charge is 0.332 e. The number of aliphatic carboxylic acids is 1. The van der Waals surface area contributed by atoms with Crippen LogP contribution >= 0.6 is 0 Å². The van der Waals surface area contributed by atoms with Crippen molar-refractivity contribution in [1.82, 2.24) is 5.32 Å². The van der Waals surface area contributed by atoms with Gasteiger partial charge in [0, 0.05) is 5.92 Å². The van der Waals surface area contributed by atoms with Gasteiger partial charge in [0.25, 0.3) is 0 Å². The molecule has 2 fully saturated rings. The molecule has 0 bridgehead atoms. The molecule has 5 nitrogen and oxygen atoms in total. The van der Waals surface area contributed by atoms with Gasteiger partial charge in [-0.25, -0.2) is 4.79 Å². The van der Waals surface area contributed by atoms with Gasteiger partial charge in [-0.05, 0) is 50.2 Å². The summed E-state index contributed by atoms with van der Waals surface area (Å²) in [4.78, 5) is 23.8. The summed E-state index contributed by atoms with van der Waals surface area (Å²) >= 11 is 0. The zero-order valence-electron chi connectivity index (χ0n) is 12.6. The Labute approximate surface area is 129 Å².